The summed E-state index contributed by atoms with van der Waals surface area (Å²) in [6.07, 6.45) is -4.72. The average molecular weight is 360 g/mol. The lowest BCUT2D eigenvalue weighted by atomic mass is 10.1. The molecule has 0 saturated heterocycles. The molecule has 0 aliphatic carbocycles. The molecule has 1 aromatic carbocycles. The monoisotopic (exact) mass is 359 g/mol. The first kappa shape index (κ1) is 16.5. The highest BCUT2D eigenvalue weighted by molar-refractivity contribution is 9.09. The molecule has 0 aromatic heterocycles. The molecule has 0 bridgehead atoms. The summed E-state index contributed by atoms with van der Waals surface area (Å²) in [5.41, 5.74) is -2.06. The zero-order chi connectivity index (χ0) is 14.9. The molecule has 1 N–H and O–H groups in total. The van der Waals surface area contributed by atoms with Crippen molar-refractivity contribution in [2.24, 2.45) is 0 Å². The minimum atomic E-state index is -4.72. The van der Waals surface area contributed by atoms with Gasteiger partial charge in [-0.05, 0) is 26.0 Å². The van der Waals surface area contributed by atoms with E-state index in [4.69, 9.17) is 0 Å². The minimum Gasteiger partial charge on any atom is -0.207 e. The van der Waals surface area contributed by atoms with Gasteiger partial charge in [-0.3, -0.25) is 0 Å². The van der Waals surface area contributed by atoms with Crippen LogP contribution in [0.15, 0.2) is 29.2 Å². The standard InChI is InChI=1S/C11H13BrF3NO2S/c1-10(2,7-12)16-19(17,18)9-6-4-3-5-8(9)11(13,14)15/h3-6,16H,7H2,1-2H3. The smallest absolute Gasteiger partial charge is 0.207 e. The first-order chi connectivity index (χ1) is 8.49. The van der Waals surface area contributed by atoms with Crippen LogP contribution in [0.1, 0.15) is 19.4 Å². The van der Waals surface area contributed by atoms with E-state index in [9.17, 15) is 21.6 Å². The van der Waals surface area contributed by atoms with Crippen LogP contribution < -0.4 is 4.72 Å². The molecule has 0 unspecified atom stereocenters. The van der Waals surface area contributed by atoms with Crippen LogP contribution in [0.4, 0.5) is 13.2 Å². The summed E-state index contributed by atoms with van der Waals surface area (Å²) in [5, 5.41) is 0.271. The highest BCUT2D eigenvalue weighted by atomic mass is 79.9. The molecule has 3 nitrogen and oxygen atoms in total. The maximum absolute atomic E-state index is 12.8. The van der Waals surface area contributed by atoms with Crippen molar-refractivity contribution in [1.82, 2.24) is 4.72 Å². The summed E-state index contributed by atoms with van der Waals surface area (Å²) in [5.74, 6) is 0. The third-order valence-corrected chi connectivity index (χ3v) is 5.38. The van der Waals surface area contributed by atoms with Gasteiger partial charge in [0.2, 0.25) is 10.0 Å². The number of alkyl halides is 4. The van der Waals surface area contributed by atoms with Crippen LogP contribution in [-0.4, -0.2) is 19.3 Å². The number of nitrogens with one attached hydrogen (secondary N) is 1. The highest BCUT2D eigenvalue weighted by Gasteiger charge is 2.38. The molecule has 19 heavy (non-hydrogen) atoms. The Labute approximate surface area is 118 Å². The van der Waals surface area contributed by atoms with E-state index in [0.29, 0.717) is 0 Å². The zero-order valence-corrected chi connectivity index (χ0v) is 12.7. The van der Waals surface area contributed by atoms with Gasteiger partial charge in [-0.1, -0.05) is 28.1 Å². The lowest BCUT2D eigenvalue weighted by Gasteiger charge is -2.24. The second-order valence-electron chi connectivity index (χ2n) is 4.62. The fourth-order valence-corrected chi connectivity index (χ4v) is 3.35. The van der Waals surface area contributed by atoms with Crippen LogP contribution in [0.25, 0.3) is 0 Å². The van der Waals surface area contributed by atoms with Crippen LogP contribution in [0.2, 0.25) is 0 Å². The number of sulfonamides is 1. The summed E-state index contributed by atoms with van der Waals surface area (Å²) in [4.78, 5) is -0.767. The van der Waals surface area contributed by atoms with Crippen LogP contribution in [0.5, 0.6) is 0 Å². The molecule has 0 spiro atoms. The van der Waals surface area contributed by atoms with Crippen molar-refractivity contribution in [3.05, 3.63) is 29.8 Å². The second-order valence-corrected chi connectivity index (χ2v) is 6.83. The normalized spacial score (nSPS) is 13.6. The maximum atomic E-state index is 12.8. The van der Waals surface area contributed by atoms with Gasteiger partial charge in [0.1, 0.15) is 0 Å². The Hall–Kier alpha value is -0.600. The van der Waals surface area contributed by atoms with Crippen molar-refractivity contribution in [2.45, 2.75) is 30.5 Å². The molecule has 0 saturated carbocycles. The second kappa shape index (κ2) is 5.41. The number of rotatable bonds is 4. The molecule has 0 aliphatic heterocycles. The quantitative estimate of drug-likeness (QED) is 0.839. The zero-order valence-electron chi connectivity index (χ0n) is 10.3. The fraction of sp³-hybridized carbons (Fsp3) is 0.455. The molecule has 0 heterocycles. The van der Waals surface area contributed by atoms with Crippen LogP contribution in [-0.2, 0) is 16.2 Å². The molecule has 8 heteroatoms. The van der Waals surface area contributed by atoms with Crippen LogP contribution in [0.3, 0.4) is 0 Å². The van der Waals surface area contributed by atoms with Crippen molar-refractivity contribution < 1.29 is 21.6 Å². The Balaban J connectivity index is 3.31. The van der Waals surface area contributed by atoms with E-state index in [-0.39, 0.29) is 5.33 Å². The molecular formula is C11H13BrF3NO2S. The summed E-state index contributed by atoms with van der Waals surface area (Å²) < 4.78 is 64.7. The number of hydrogen-bond acceptors (Lipinski definition) is 2. The van der Waals surface area contributed by atoms with Crippen molar-refractivity contribution in [3.8, 4) is 0 Å². The molecule has 1 rings (SSSR count). The molecule has 0 atom stereocenters. The Kier molecular flexibility index (Phi) is 4.69. The maximum Gasteiger partial charge on any atom is 0.417 e. The molecule has 1 aromatic rings. The van der Waals surface area contributed by atoms with E-state index >= 15 is 0 Å². The van der Waals surface area contributed by atoms with E-state index in [1.165, 1.54) is 6.07 Å². The molecule has 0 radical (unpaired) electrons. The van der Waals surface area contributed by atoms with Gasteiger partial charge in [-0.15, -0.1) is 0 Å². The number of halogens is 4. The summed E-state index contributed by atoms with van der Waals surface area (Å²) in [6, 6.07) is 4.09. The first-order valence-electron chi connectivity index (χ1n) is 5.26. The Morgan fingerprint density at radius 2 is 1.74 bits per heavy atom. The average Bonchev–Trinajstić information content (AvgIpc) is 2.27. The van der Waals surface area contributed by atoms with E-state index in [1.807, 2.05) is 0 Å². The predicted molar refractivity (Wildman–Crippen MR) is 69.6 cm³/mol. The lowest BCUT2D eigenvalue weighted by Crippen LogP contribution is -2.45. The largest absolute Gasteiger partial charge is 0.417 e. The third-order valence-electron chi connectivity index (χ3n) is 2.23. The number of benzene rings is 1. The van der Waals surface area contributed by atoms with Gasteiger partial charge in [-0.25, -0.2) is 13.1 Å². The van der Waals surface area contributed by atoms with Gasteiger partial charge in [0.05, 0.1) is 10.5 Å². The van der Waals surface area contributed by atoms with Gasteiger partial charge in [0.25, 0.3) is 0 Å². The first-order valence-corrected chi connectivity index (χ1v) is 7.86. The van der Waals surface area contributed by atoms with Crippen molar-refractivity contribution in [1.29, 1.82) is 0 Å². The summed E-state index contributed by atoms with van der Waals surface area (Å²) >= 11 is 3.10. The molecular weight excluding hydrogens is 347 g/mol. The van der Waals surface area contributed by atoms with Crippen LogP contribution in [0, 0.1) is 0 Å². The summed E-state index contributed by atoms with van der Waals surface area (Å²) in [7, 11) is -4.24. The molecule has 108 valence electrons. The van der Waals surface area contributed by atoms with Crippen LogP contribution >= 0.6 is 15.9 Å². The molecule has 0 fully saturated rings. The van der Waals surface area contributed by atoms with E-state index in [2.05, 4.69) is 20.7 Å². The highest BCUT2D eigenvalue weighted by Crippen LogP contribution is 2.34. The fourth-order valence-electron chi connectivity index (χ4n) is 1.38. The lowest BCUT2D eigenvalue weighted by molar-refractivity contribution is -0.139. The molecule has 0 aliphatic rings. The van der Waals surface area contributed by atoms with E-state index in [0.717, 1.165) is 18.2 Å². The predicted octanol–water partition coefficient (Wildman–Crippen LogP) is 3.16. The third kappa shape index (κ3) is 4.19. The molecule has 0 amide bonds. The summed E-state index contributed by atoms with van der Waals surface area (Å²) in [6.45, 7) is 3.13. The van der Waals surface area contributed by atoms with Gasteiger partial charge < -0.3 is 0 Å². The van der Waals surface area contributed by atoms with Crippen molar-refractivity contribution in [3.63, 3.8) is 0 Å². The van der Waals surface area contributed by atoms with Crippen molar-refractivity contribution in [2.75, 3.05) is 5.33 Å². The minimum absolute atomic E-state index is 0.271. The van der Waals surface area contributed by atoms with Gasteiger partial charge >= 0.3 is 6.18 Å². The van der Waals surface area contributed by atoms with E-state index < -0.39 is 32.2 Å². The Bertz CT molecular complexity index is 555. The Morgan fingerprint density at radius 3 is 2.21 bits per heavy atom. The number of hydrogen-bond donors (Lipinski definition) is 1. The van der Waals surface area contributed by atoms with E-state index in [1.54, 1.807) is 13.8 Å². The van der Waals surface area contributed by atoms with Gasteiger partial charge in [0, 0.05) is 10.9 Å². The van der Waals surface area contributed by atoms with Gasteiger partial charge in [0.15, 0.2) is 0 Å². The SMILES string of the molecule is CC(C)(CBr)NS(=O)(=O)c1ccccc1C(F)(F)F. The Morgan fingerprint density at radius 1 is 1.21 bits per heavy atom. The topological polar surface area (TPSA) is 46.2 Å². The van der Waals surface area contributed by atoms with Gasteiger partial charge in [-0.2, -0.15) is 13.2 Å². The van der Waals surface area contributed by atoms with Crippen molar-refractivity contribution >= 4 is 26.0 Å².